The molecule has 0 heterocycles. The smallest absolute Gasteiger partial charge is 0.0908 e. The van der Waals surface area contributed by atoms with Gasteiger partial charge in [-0.2, -0.15) is 5.26 Å². The molecule has 0 saturated heterocycles. The van der Waals surface area contributed by atoms with Crippen molar-refractivity contribution in [3.8, 4) is 6.07 Å². The van der Waals surface area contributed by atoms with Gasteiger partial charge in [-0.1, -0.05) is 48.6 Å². The Labute approximate surface area is 96.2 Å². The third-order valence-corrected chi connectivity index (χ3v) is 2.16. The van der Waals surface area contributed by atoms with Crippen LogP contribution in [0.1, 0.15) is 18.9 Å². The molecule has 0 spiro atoms. The quantitative estimate of drug-likeness (QED) is 0.781. The van der Waals surface area contributed by atoms with Gasteiger partial charge in [-0.05, 0) is 18.9 Å². The molecular weight excluding hydrogens is 198 g/mol. The highest BCUT2D eigenvalue weighted by molar-refractivity contribution is 5.50. The van der Waals surface area contributed by atoms with E-state index in [2.05, 4.69) is 0 Å². The van der Waals surface area contributed by atoms with Gasteiger partial charge in [-0.25, -0.2) is 0 Å². The van der Waals surface area contributed by atoms with Gasteiger partial charge in [0.1, 0.15) is 0 Å². The molecule has 0 fully saturated rings. The molecule has 1 aromatic carbocycles. The molecule has 0 aliphatic carbocycles. The van der Waals surface area contributed by atoms with Gasteiger partial charge in [-0.3, -0.25) is 0 Å². The van der Waals surface area contributed by atoms with Crippen molar-refractivity contribution in [2.45, 2.75) is 18.9 Å². The number of allylic oxidation sites excluding steroid dienone is 1. The Bertz CT molecular complexity index is 410. The number of benzene rings is 1. The first-order chi connectivity index (χ1) is 7.64. The number of aliphatic hydroxyl groups is 1. The molecule has 16 heavy (non-hydrogen) atoms. The van der Waals surface area contributed by atoms with Crippen molar-refractivity contribution in [1.82, 2.24) is 0 Å². The predicted molar refractivity (Wildman–Crippen MR) is 65.5 cm³/mol. The highest BCUT2D eigenvalue weighted by atomic mass is 16.3. The summed E-state index contributed by atoms with van der Waals surface area (Å²) in [7, 11) is 0. The van der Waals surface area contributed by atoms with Crippen LogP contribution >= 0.6 is 0 Å². The Morgan fingerprint density at radius 1 is 1.38 bits per heavy atom. The highest BCUT2D eigenvalue weighted by Gasteiger charge is 2.13. The van der Waals surface area contributed by atoms with Gasteiger partial charge in [0.25, 0.3) is 0 Å². The lowest BCUT2D eigenvalue weighted by atomic mass is 10.0. The fraction of sp³-hybridized carbons (Fsp3) is 0.214. The zero-order valence-corrected chi connectivity index (χ0v) is 9.30. The summed E-state index contributed by atoms with van der Waals surface area (Å²) >= 11 is 0. The molecule has 0 saturated carbocycles. The van der Waals surface area contributed by atoms with E-state index in [1.165, 1.54) is 6.08 Å². The number of hydrogen-bond donors (Lipinski definition) is 1. The van der Waals surface area contributed by atoms with Crippen LogP contribution in [-0.2, 0) is 0 Å². The van der Waals surface area contributed by atoms with Crippen LogP contribution in [0.2, 0.25) is 0 Å². The Balaban J connectivity index is 2.62. The van der Waals surface area contributed by atoms with Crippen LogP contribution < -0.4 is 0 Å². The predicted octanol–water partition coefficient (Wildman–Crippen LogP) is 2.92. The minimum atomic E-state index is -0.914. The van der Waals surface area contributed by atoms with Gasteiger partial charge < -0.3 is 5.11 Å². The van der Waals surface area contributed by atoms with Gasteiger partial charge in [-0.15, -0.1) is 0 Å². The Hall–Kier alpha value is -1.85. The Kier molecular flexibility index (Phi) is 4.50. The molecule has 1 atom stereocenters. The van der Waals surface area contributed by atoms with E-state index in [9.17, 15) is 5.11 Å². The van der Waals surface area contributed by atoms with Crippen molar-refractivity contribution in [1.29, 1.82) is 5.26 Å². The minimum absolute atomic E-state index is 0.434. The van der Waals surface area contributed by atoms with Crippen LogP contribution in [0, 0.1) is 11.3 Å². The third kappa shape index (κ3) is 4.59. The molecule has 0 unspecified atom stereocenters. The molecule has 2 heteroatoms. The molecule has 0 radical (unpaired) electrons. The summed E-state index contributed by atoms with van der Waals surface area (Å²) in [6, 6.07) is 11.7. The van der Waals surface area contributed by atoms with Crippen molar-refractivity contribution in [3.05, 3.63) is 54.1 Å². The lowest BCUT2D eigenvalue weighted by Crippen LogP contribution is -2.18. The van der Waals surface area contributed by atoms with Gasteiger partial charge >= 0.3 is 0 Å². The van der Waals surface area contributed by atoms with E-state index in [1.54, 1.807) is 19.1 Å². The first-order valence-electron chi connectivity index (χ1n) is 5.15. The molecule has 2 nitrogen and oxygen atoms in total. The van der Waals surface area contributed by atoms with Gasteiger partial charge in [0.15, 0.2) is 0 Å². The molecule has 1 N–H and O–H groups in total. The average molecular weight is 213 g/mol. The van der Waals surface area contributed by atoms with Crippen LogP contribution in [0.4, 0.5) is 0 Å². The lowest BCUT2D eigenvalue weighted by molar-refractivity contribution is 0.116. The fourth-order valence-corrected chi connectivity index (χ4v) is 1.26. The Morgan fingerprint density at radius 3 is 2.69 bits per heavy atom. The van der Waals surface area contributed by atoms with E-state index < -0.39 is 5.60 Å². The fourth-order valence-electron chi connectivity index (χ4n) is 1.26. The largest absolute Gasteiger partial charge is 0.386 e. The van der Waals surface area contributed by atoms with Crippen molar-refractivity contribution >= 4 is 6.08 Å². The van der Waals surface area contributed by atoms with Crippen LogP contribution in [0.25, 0.3) is 6.08 Å². The van der Waals surface area contributed by atoms with Gasteiger partial charge in [0, 0.05) is 6.08 Å². The number of hydrogen-bond acceptors (Lipinski definition) is 2. The number of nitriles is 1. The second-order valence-electron chi connectivity index (χ2n) is 3.84. The van der Waals surface area contributed by atoms with E-state index in [-0.39, 0.29) is 0 Å². The van der Waals surface area contributed by atoms with Gasteiger partial charge in [0.2, 0.25) is 0 Å². The number of nitrogens with zero attached hydrogens (tertiary/aromatic N) is 1. The molecular formula is C14H15NO. The molecule has 0 aliphatic heterocycles. The highest BCUT2D eigenvalue weighted by Crippen LogP contribution is 2.14. The average Bonchev–Trinajstić information content (AvgIpc) is 2.28. The van der Waals surface area contributed by atoms with E-state index in [0.29, 0.717) is 6.42 Å². The summed E-state index contributed by atoms with van der Waals surface area (Å²) < 4.78 is 0. The monoisotopic (exact) mass is 213 g/mol. The standard InChI is InChI=1S/C14H15NO/c1-14(16,10-5-6-12-15)11-9-13-7-3-2-4-8-13/h2-9,11,16H,10H2,1H3/b6-5-,11-9+/t14-/m0/s1. The third-order valence-electron chi connectivity index (χ3n) is 2.16. The zero-order chi connectivity index (χ0) is 11.9. The molecule has 1 aromatic rings. The SMILES string of the molecule is C[C@@](O)(/C=C/c1ccccc1)C/C=C\C#N. The maximum atomic E-state index is 9.95. The van der Waals surface area contributed by atoms with Crippen LogP contribution in [0.15, 0.2) is 48.6 Å². The van der Waals surface area contributed by atoms with Crippen LogP contribution in [0.5, 0.6) is 0 Å². The first-order valence-corrected chi connectivity index (χ1v) is 5.15. The van der Waals surface area contributed by atoms with E-state index >= 15 is 0 Å². The summed E-state index contributed by atoms with van der Waals surface area (Å²) in [6.45, 7) is 1.72. The van der Waals surface area contributed by atoms with Crippen molar-refractivity contribution < 1.29 is 5.11 Å². The summed E-state index contributed by atoms with van der Waals surface area (Å²) in [6.07, 6.45) is 7.09. The van der Waals surface area contributed by atoms with Crippen molar-refractivity contribution in [2.75, 3.05) is 0 Å². The van der Waals surface area contributed by atoms with Crippen LogP contribution in [-0.4, -0.2) is 10.7 Å². The topological polar surface area (TPSA) is 44.0 Å². The summed E-state index contributed by atoms with van der Waals surface area (Å²) in [5, 5.41) is 18.3. The van der Waals surface area contributed by atoms with Crippen LogP contribution in [0.3, 0.4) is 0 Å². The minimum Gasteiger partial charge on any atom is -0.386 e. The first kappa shape index (κ1) is 12.2. The zero-order valence-electron chi connectivity index (χ0n) is 9.30. The summed E-state index contributed by atoms with van der Waals surface area (Å²) in [4.78, 5) is 0. The van der Waals surface area contributed by atoms with Crippen molar-refractivity contribution in [2.24, 2.45) is 0 Å². The molecule has 1 rings (SSSR count). The summed E-state index contributed by atoms with van der Waals surface area (Å²) in [5.41, 5.74) is 0.135. The number of rotatable bonds is 4. The molecule has 0 bridgehead atoms. The second-order valence-corrected chi connectivity index (χ2v) is 3.84. The summed E-state index contributed by atoms with van der Waals surface area (Å²) in [5.74, 6) is 0. The molecule has 0 amide bonds. The van der Waals surface area contributed by atoms with E-state index in [1.807, 2.05) is 42.5 Å². The van der Waals surface area contributed by atoms with E-state index in [0.717, 1.165) is 5.56 Å². The molecule has 82 valence electrons. The lowest BCUT2D eigenvalue weighted by Gasteiger charge is -2.15. The van der Waals surface area contributed by atoms with E-state index in [4.69, 9.17) is 5.26 Å². The maximum absolute atomic E-state index is 9.95. The normalized spacial score (nSPS) is 15.1. The Morgan fingerprint density at radius 2 is 2.06 bits per heavy atom. The molecule has 0 aromatic heterocycles. The van der Waals surface area contributed by atoms with Gasteiger partial charge in [0.05, 0.1) is 11.7 Å². The second kappa shape index (κ2) is 5.89. The maximum Gasteiger partial charge on any atom is 0.0908 e. The van der Waals surface area contributed by atoms with Crippen molar-refractivity contribution in [3.63, 3.8) is 0 Å². The molecule has 0 aliphatic rings.